The summed E-state index contributed by atoms with van der Waals surface area (Å²) >= 11 is 0. The van der Waals surface area contributed by atoms with Gasteiger partial charge in [-0.1, -0.05) is 17.3 Å². The second-order valence-corrected chi connectivity index (χ2v) is 5.70. The fourth-order valence-corrected chi connectivity index (χ4v) is 2.75. The van der Waals surface area contributed by atoms with Crippen LogP contribution in [0.4, 0.5) is 4.39 Å². The zero-order valence-corrected chi connectivity index (χ0v) is 13.2. The molecule has 1 aliphatic heterocycles. The fraction of sp³-hybridized carbons (Fsp3) is 0.235. The predicted molar refractivity (Wildman–Crippen MR) is 85.0 cm³/mol. The van der Waals surface area contributed by atoms with Crippen molar-refractivity contribution >= 4 is 5.91 Å². The molecule has 0 saturated heterocycles. The maximum atomic E-state index is 13.4. The van der Waals surface area contributed by atoms with Crippen LogP contribution >= 0.6 is 0 Å². The van der Waals surface area contributed by atoms with Gasteiger partial charge in [0.05, 0.1) is 31.2 Å². The molecule has 1 unspecified atom stereocenters. The molecule has 0 saturated carbocycles. The third-order valence-electron chi connectivity index (χ3n) is 4.00. The molecule has 128 valence electrons. The van der Waals surface area contributed by atoms with Crippen molar-refractivity contribution in [2.75, 3.05) is 6.54 Å². The topological polar surface area (TPSA) is 82.2 Å². The molecule has 0 fully saturated rings. The summed E-state index contributed by atoms with van der Waals surface area (Å²) in [5.74, 6) is -0.362. The monoisotopic (exact) mass is 342 g/mol. The zero-order chi connectivity index (χ0) is 17.2. The van der Waals surface area contributed by atoms with Gasteiger partial charge in [-0.25, -0.2) is 9.07 Å². The molecule has 1 N–H and O–H groups in total. The molecule has 1 aliphatic rings. The quantitative estimate of drug-likeness (QED) is 0.784. The number of nitrogens with one attached hydrogen (secondary N) is 1. The molecule has 4 rings (SSSR count). The third kappa shape index (κ3) is 3.16. The molecule has 1 aromatic carbocycles. The van der Waals surface area contributed by atoms with Crippen LogP contribution < -0.4 is 5.32 Å². The Balaban J connectivity index is 1.43. The van der Waals surface area contributed by atoms with Crippen LogP contribution in [0.1, 0.15) is 16.2 Å². The van der Waals surface area contributed by atoms with Crippen LogP contribution in [0.15, 0.2) is 47.1 Å². The van der Waals surface area contributed by atoms with E-state index in [1.807, 2.05) is 0 Å². The SMILES string of the molecule is O=C(NCC1Cn2nnc(-c3cccc(F)c3)c2CO1)c1ccco1. The summed E-state index contributed by atoms with van der Waals surface area (Å²) in [6.45, 7) is 1.07. The first-order valence-electron chi connectivity index (χ1n) is 7.82. The van der Waals surface area contributed by atoms with Gasteiger partial charge in [-0.2, -0.15) is 0 Å². The lowest BCUT2D eigenvalue weighted by molar-refractivity contribution is 0.00162. The summed E-state index contributed by atoms with van der Waals surface area (Å²) < 4.78 is 26.0. The van der Waals surface area contributed by atoms with Crippen LogP contribution in [0.3, 0.4) is 0 Å². The fourth-order valence-electron chi connectivity index (χ4n) is 2.75. The van der Waals surface area contributed by atoms with Crippen molar-refractivity contribution in [1.82, 2.24) is 20.3 Å². The summed E-state index contributed by atoms with van der Waals surface area (Å²) in [4.78, 5) is 11.9. The molecule has 7 nitrogen and oxygen atoms in total. The maximum absolute atomic E-state index is 13.4. The molecule has 2 aromatic heterocycles. The Bertz CT molecular complexity index is 891. The lowest BCUT2D eigenvalue weighted by Crippen LogP contribution is -2.39. The van der Waals surface area contributed by atoms with Crippen molar-refractivity contribution in [3.63, 3.8) is 0 Å². The van der Waals surface area contributed by atoms with E-state index in [-0.39, 0.29) is 23.6 Å². The van der Waals surface area contributed by atoms with E-state index < -0.39 is 0 Å². The number of hydrogen-bond donors (Lipinski definition) is 1. The second kappa shape index (κ2) is 6.48. The van der Waals surface area contributed by atoms with Crippen LogP contribution in [0.2, 0.25) is 0 Å². The summed E-state index contributed by atoms with van der Waals surface area (Å²) in [7, 11) is 0. The Morgan fingerprint density at radius 1 is 1.36 bits per heavy atom. The van der Waals surface area contributed by atoms with Gasteiger partial charge in [-0.3, -0.25) is 4.79 Å². The minimum Gasteiger partial charge on any atom is -0.459 e. The number of halogens is 1. The smallest absolute Gasteiger partial charge is 0.287 e. The highest BCUT2D eigenvalue weighted by Gasteiger charge is 2.25. The molecule has 0 bridgehead atoms. The largest absolute Gasteiger partial charge is 0.459 e. The van der Waals surface area contributed by atoms with Crippen molar-refractivity contribution < 1.29 is 18.3 Å². The highest BCUT2D eigenvalue weighted by Crippen LogP contribution is 2.25. The van der Waals surface area contributed by atoms with E-state index in [4.69, 9.17) is 9.15 Å². The van der Waals surface area contributed by atoms with Crippen LogP contribution in [-0.2, 0) is 17.9 Å². The van der Waals surface area contributed by atoms with Crippen molar-refractivity contribution in [1.29, 1.82) is 0 Å². The van der Waals surface area contributed by atoms with Crippen molar-refractivity contribution in [3.05, 3.63) is 59.9 Å². The van der Waals surface area contributed by atoms with E-state index in [1.54, 1.807) is 28.9 Å². The van der Waals surface area contributed by atoms with Crippen LogP contribution in [0.25, 0.3) is 11.3 Å². The van der Waals surface area contributed by atoms with Gasteiger partial charge in [0.1, 0.15) is 11.5 Å². The molecule has 25 heavy (non-hydrogen) atoms. The Morgan fingerprint density at radius 3 is 3.08 bits per heavy atom. The van der Waals surface area contributed by atoms with Gasteiger partial charge in [-0.05, 0) is 24.3 Å². The number of aromatic nitrogens is 3. The number of ether oxygens (including phenoxy) is 1. The average Bonchev–Trinajstić information content (AvgIpc) is 3.29. The summed E-state index contributed by atoms with van der Waals surface area (Å²) in [6, 6.07) is 9.46. The number of benzene rings is 1. The first kappa shape index (κ1) is 15.5. The number of nitrogens with zero attached hydrogens (tertiary/aromatic N) is 3. The summed E-state index contributed by atoms with van der Waals surface area (Å²) in [5, 5.41) is 11.0. The van der Waals surface area contributed by atoms with E-state index >= 15 is 0 Å². The highest BCUT2D eigenvalue weighted by atomic mass is 19.1. The highest BCUT2D eigenvalue weighted by molar-refractivity contribution is 5.91. The number of carbonyl (C=O) groups is 1. The number of furan rings is 1. The van der Waals surface area contributed by atoms with E-state index in [9.17, 15) is 9.18 Å². The Labute approximate surface area is 142 Å². The maximum Gasteiger partial charge on any atom is 0.287 e. The molecule has 1 amide bonds. The predicted octanol–water partition coefficient (Wildman–Crippen LogP) is 2.01. The van der Waals surface area contributed by atoms with Gasteiger partial charge in [0.15, 0.2) is 5.76 Å². The molecule has 3 heterocycles. The van der Waals surface area contributed by atoms with E-state index in [1.165, 1.54) is 18.4 Å². The Morgan fingerprint density at radius 2 is 2.28 bits per heavy atom. The molecule has 0 radical (unpaired) electrons. The molecular formula is C17H15FN4O3. The van der Waals surface area contributed by atoms with Gasteiger partial charge < -0.3 is 14.5 Å². The zero-order valence-electron chi connectivity index (χ0n) is 13.2. The van der Waals surface area contributed by atoms with E-state index in [0.717, 1.165) is 5.69 Å². The van der Waals surface area contributed by atoms with Gasteiger partial charge >= 0.3 is 0 Å². The van der Waals surface area contributed by atoms with Crippen LogP contribution in [0.5, 0.6) is 0 Å². The Kier molecular flexibility index (Phi) is 4.02. The van der Waals surface area contributed by atoms with Crippen LogP contribution in [0, 0.1) is 5.82 Å². The van der Waals surface area contributed by atoms with Gasteiger partial charge in [0.2, 0.25) is 0 Å². The molecule has 0 aliphatic carbocycles. The third-order valence-corrected chi connectivity index (χ3v) is 4.00. The van der Waals surface area contributed by atoms with Gasteiger partial charge in [0.25, 0.3) is 5.91 Å². The average molecular weight is 342 g/mol. The molecule has 0 spiro atoms. The molecule has 3 aromatic rings. The normalized spacial score (nSPS) is 16.4. The molecule has 8 heteroatoms. The number of rotatable bonds is 4. The van der Waals surface area contributed by atoms with Crippen molar-refractivity contribution in [2.24, 2.45) is 0 Å². The number of fused-ring (bicyclic) bond motifs is 1. The van der Waals surface area contributed by atoms with Gasteiger partial charge in [-0.15, -0.1) is 5.10 Å². The lowest BCUT2D eigenvalue weighted by Gasteiger charge is -2.24. The first-order chi connectivity index (χ1) is 12.2. The number of carbonyl (C=O) groups excluding carboxylic acids is 1. The standard InChI is InChI=1S/C17H15FN4O3/c18-12-4-1-3-11(7-12)16-14-10-25-13(9-22(14)21-20-16)8-19-17(23)15-5-2-6-24-15/h1-7,13H,8-10H2,(H,19,23). The van der Waals surface area contributed by atoms with Crippen LogP contribution in [-0.4, -0.2) is 33.5 Å². The number of hydrogen-bond acceptors (Lipinski definition) is 5. The second-order valence-electron chi connectivity index (χ2n) is 5.70. The summed E-state index contributed by atoms with van der Waals surface area (Å²) in [6.07, 6.45) is 1.22. The molecule has 1 atom stereocenters. The lowest BCUT2D eigenvalue weighted by atomic mass is 10.1. The minimum absolute atomic E-state index is 0.228. The van der Waals surface area contributed by atoms with Crippen molar-refractivity contribution in [3.8, 4) is 11.3 Å². The van der Waals surface area contributed by atoms with E-state index in [2.05, 4.69) is 15.6 Å². The summed E-state index contributed by atoms with van der Waals surface area (Å²) in [5.41, 5.74) is 2.06. The van der Waals surface area contributed by atoms with E-state index in [0.29, 0.717) is 31.0 Å². The number of amides is 1. The minimum atomic E-state index is -0.325. The Hall–Kier alpha value is -3.00. The molecular weight excluding hydrogens is 327 g/mol. The van der Waals surface area contributed by atoms with Gasteiger partial charge in [0, 0.05) is 12.1 Å². The van der Waals surface area contributed by atoms with Crippen molar-refractivity contribution in [2.45, 2.75) is 19.3 Å². The first-order valence-corrected chi connectivity index (χ1v) is 7.82.